The highest BCUT2D eigenvalue weighted by atomic mass is 16.3. The van der Waals surface area contributed by atoms with Crippen LogP contribution in [0.1, 0.15) is 72.1 Å². The van der Waals surface area contributed by atoms with Crippen LogP contribution in [-0.2, 0) is 6.54 Å². The van der Waals surface area contributed by atoms with E-state index in [9.17, 15) is 5.11 Å². The van der Waals surface area contributed by atoms with Crippen LogP contribution in [0.3, 0.4) is 0 Å². The summed E-state index contributed by atoms with van der Waals surface area (Å²) in [5.41, 5.74) is 1.13. The van der Waals surface area contributed by atoms with Gasteiger partial charge in [-0.3, -0.25) is 10.00 Å². The van der Waals surface area contributed by atoms with Crippen LogP contribution in [0.5, 0.6) is 5.75 Å². The molecule has 1 fully saturated rings. The highest BCUT2D eigenvalue weighted by Crippen LogP contribution is 2.32. The molecule has 2 N–H and O–H groups in total. The van der Waals surface area contributed by atoms with Crippen LogP contribution >= 0.6 is 0 Å². The van der Waals surface area contributed by atoms with Crippen LogP contribution in [0.15, 0.2) is 18.2 Å². The average Bonchev–Trinajstić information content (AvgIpc) is 3.14. The number of fused-ring (bicyclic) bond motifs is 1. The first-order valence-corrected chi connectivity index (χ1v) is 12.6. The minimum absolute atomic E-state index is 0.318. The quantitative estimate of drug-likeness (QED) is 0.441. The molecule has 0 spiro atoms. The normalized spacial score (nSPS) is 17.0. The fourth-order valence-electron chi connectivity index (χ4n) is 4.73. The molecule has 1 aromatic heterocycles. The van der Waals surface area contributed by atoms with Crippen LogP contribution in [0.2, 0.25) is 0 Å². The van der Waals surface area contributed by atoms with Crippen LogP contribution in [-0.4, -0.2) is 58.7 Å². The van der Waals surface area contributed by atoms with Crippen molar-refractivity contribution in [3.8, 4) is 5.75 Å². The Morgan fingerprint density at radius 2 is 1.90 bits per heavy atom. The van der Waals surface area contributed by atoms with Gasteiger partial charge in [0.15, 0.2) is 5.82 Å². The number of rotatable bonds is 13. The highest BCUT2D eigenvalue weighted by molar-refractivity contribution is 5.92. The Labute approximate surface area is 188 Å². The number of aryl methyl sites for hydroxylation is 1. The lowest BCUT2D eigenvalue weighted by Crippen LogP contribution is -2.49. The predicted octanol–water partition coefficient (Wildman–Crippen LogP) is 4.96. The number of phenolic OH excluding ortho intramolecular Hbond substituents is 1. The summed E-state index contributed by atoms with van der Waals surface area (Å²) in [6.45, 7) is 13.0. The predicted molar refractivity (Wildman–Crippen MR) is 131 cm³/mol. The summed E-state index contributed by atoms with van der Waals surface area (Å²) < 4.78 is 2.16. The number of phenols is 1. The van der Waals surface area contributed by atoms with Gasteiger partial charge in [-0.05, 0) is 76.5 Å². The van der Waals surface area contributed by atoms with Crippen LogP contribution < -0.4 is 10.2 Å². The molecule has 1 aromatic carbocycles. The third-order valence-corrected chi connectivity index (χ3v) is 6.64. The number of aromatic nitrogens is 2. The van der Waals surface area contributed by atoms with E-state index in [-0.39, 0.29) is 0 Å². The number of benzene rings is 1. The molecule has 0 bridgehead atoms. The smallest absolute Gasteiger partial charge is 0.159 e. The largest absolute Gasteiger partial charge is 0.508 e. The van der Waals surface area contributed by atoms with E-state index in [1.54, 1.807) is 6.07 Å². The third kappa shape index (κ3) is 6.36. The lowest BCUT2D eigenvalue weighted by molar-refractivity contribution is 0.291. The van der Waals surface area contributed by atoms with Gasteiger partial charge in [-0.25, -0.2) is 0 Å². The first-order chi connectivity index (χ1) is 15.2. The molecule has 31 heavy (non-hydrogen) atoms. The van der Waals surface area contributed by atoms with Gasteiger partial charge in [-0.2, -0.15) is 5.10 Å². The molecule has 1 aliphatic rings. The maximum Gasteiger partial charge on any atom is 0.159 e. The Bertz CT molecular complexity index is 780. The Kier molecular flexibility index (Phi) is 9.47. The second-order valence-electron chi connectivity index (χ2n) is 8.85. The van der Waals surface area contributed by atoms with E-state index < -0.39 is 0 Å². The summed E-state index contributed by atoms with van der Waals surface area (Å²) in [6.07, 6.45) is 10.1. The Hall–Kier alpha value is -1.79. The maximum absolute atomic E-state index is 10.2. The van der Waals surface area contributed by atoms with Crippen LogP contribution in [0, 0.1) is 0 Å². The molecule has 1 unspecified atom stereocenters. The second-order valence-corrected chi connectivity index (χ2v) is 8.85. The monoisotopic (exact) mass is 429 g/mol. The van der Waals surface area contributed by atoms with Gasteiger partial charge in [0.25, 0.3) is 0 Å². The Morgan fingerprint density at radius 3 is 2.61 bits per heavy atom. The summed E-state index contributed by atoms with van der Waals surface area (Å²) in [6, 6.07) is 5.72. The zero-order chi connectivity index (χ0) is 22.1. The summed E-state index contributed by atoms with van der Waals surface area (Å²) in [7, 11) is 0. The topological polar surface area (TPSA) is 56.6 Å². The van der Waals surface area contributed by atoms with Crippen molar-refractivity contribution in [2.75, 3.05) is 37.6 Å². The number of hydrogen-bond donors (Lipinski definition) is 2. The van der Waals surface area contributed by atoms with E-state index >= 15 is 0 Å². The third-order valence-electron chi connectivity index (χ3n) is 6.64. The number of piperidine rings is 1. The van der Waals surface area contributed by atoms with Crippen LogP contribution in [0.25, 0.3) is 10.9 Å². The zero-order valence-corrected chi connectivity index (χ0v) is 19.9. The van der Waals surface area contributed by atoms with Gasteiger partial charge >= 0.3 is 0 Å². The van der Waals surface area contributed by atoms with Gasteiger partial charge in [0.2, 0.25) is 0 Å². The van der Waals surface area contributed by atoms with Gasteiger partial charge in [-0.1, -0.05) is 40.0 Å². The molecule has 3 rings (SSSR count). The molecule has 0 aliphatic carbocycles. The Balaban J connectivity index is 1.86. The van der Waals surface area contributed by atoms with Gasteiger partial charge in [-0.15, -0.1) is 0 Å². The van der Waals surface area contributed by atoms with E-state index in [1.807, 2.05) is 12.1 Å². The first-order valence-electron chi connectivity index (χ1n) is 12.6. The van der Waals surface area contributed by atoms with E-state index in [2.05, 4.69) is 40.6 Å². The molecule has 2 aromatic rings. The highest BCUT2D eigenvalue weighted by Gasteiger charge is 2.25. The molecule has 0 amide bonds. The number of anilines is 1. The van der Waals surface area contributed by atoms with Crippen molar-refractivity contribution < 1.29 is 5.11 Å². The fourth-order valence-corrected chi connectivity index (χ4v) is 4.73. The van der Waals surface area contributed by atoms with Gasteiger partial charge < -0.3 is 14.9 Å². The van der Waals surface area contributed by atoms with Gasteiger partial charge in [0.1, 0.15) is 5.75 Å². The summed E-state index contributed by atoms with van der Waals surface area (Å²) in [4.78, 5) is 4.95. The molecule has 1 aliphatic heterocycles. The van der Waals surface area contributed by atoms with Crippen molar-refractivity contribution in [3.05, 3.63) is 18.2 Å². The molecule has 0 saturated carbocycles. The minimum Gasteiger partial charge on any atom is -0.508 e. The van der Waals surface area contributed by atoms with E-state index in [4.69, 9.17) is 5.10 Å². The Morgan fingerprint density at radius 1 is 1.06 bits per heavy atom. The average molecular weight is 430 g/mol. The summed E-state index contributed by atoms with van der Waals surface area (Å²) in [5, 5.41) is 20.2. The standard InChI is InChI=1S/C25H43N5O/c1-4-7-8-11-18-29(24-13-9-10-16-26-24)25-22-20-21(31)14-15-23(22)30(27-25)19-12-17-28(5-2)6-3/h14-15,20,24,26,31H,4-13,16-19H2,1-3H3. The van der Waals surface area contributed by atoms with Gasteiger partial charge in [0, 0.05) is 18.5 Å². The van der Waals surface area contributed by atoms with Crippen molar-refractivity contribution in [1.29, 1.82) is 0 Å². The second kappa shape index (κ2) is 12.3. The number of aromatic hydroxyl groups is 1. The summed E-state index contributed by atoms with van der Waals surface area (Å²) in [5.74, 6) is 1.35. The lowest BCUT2D eigenvalue weighted by atomic mass is 10.1. The molecule has 1 atom stereocenters. The molecule has 1 saturated heterocycles. The molecule has 6 heteroatoms. The lowest BCUT2D eigenvalue weighted by Gasteiger charge is -2.35. The van der Waals surface area contributed by atoms with E-state index in [0.29, 0.717) is 11.9 Å². The summed E-state index contributed by atoms with van der Waals surface area (Å²) >= 11 is 0. The van der Waals surface area contributed by atoms with Crippen molar-refractivity contribution in [2.24, 2.45) is 0 Å². The van der Waals surface area contributed by atoms with Crippen molar-refractivity contribution in [1.82, 2.24) is 20.0 Å². The van der Waals surface area contributed by atoms with E-state index in [0.717, 1.165) is 68.8 Å². The molecule has 2 heterocycles. The molecular formula is C25H43N5O. The number of hydrogen-bond acceptors (Lipinski definition) is 5. The van der Waals surface area contributed by atoms with Gasteiger partial charge in [0.05, 0.1) is 11.7 Å². The van der Waals surface area contributed by atoms with Crippen molar-refractivity contribution in [3.63, 3.8) is 0 Å². The molecule has 174 valence electrons. The molecule has 6 nitrogen and oxygen atoms in total. The molecule has 0 radical (unpaired) electrons. The number of nitrogens with one attached hydrogen (secondary N) is 1. The maximum atomic E-state index is 10.2. The number of nitrogens with zero attached hydrogens (tertiary/aromatic N) is 4. The fraction of sp³-hybridized carbons (Fsp3) is 0.720. The first kappa shape index (κ1) is 23.9. The van der Waals surface area contributed by atoms with Crippen LogP contribution in [0.4, 0.5) is 5.82 Å². The number of unbranched alkanes of at least 4 members (excludes halogenated alkanes) is 3. The SMILES string of the molecule is CCCCCCN(c1nn(CCCN(CC)CC)c2ccc(O)cc12)C1CCCCN1. The minimum atomic E-state index is 0.318. The molecular weight excluding hydrogens is 386 g/mol. The van der Waals surface area contributed by atoms with Crippen molar-refractivity contribution >= 4 is 16.7 Å². The van der Waals surface area contributed by atoms with Crippen molar-refractivity contribution in [2.45, 2.75) is 84.8 Å². The van der Waals surface area contributed by atoms with E-state index in [1.165, 1.54) is 38.5 Å². The zero-order valence-electron chi connectivity index (χ0n) is 19.9.